The summed E-state index contributed by atoms with van der Waals surface area (Å²) in [6.45, 7) is 5.44. The van der Waals surface area contributed by atoms with Crippen molar-refractivity contribution in [3.05, 3.63) is 0 Å². The molecule has 0 heterocycles. The summed E-state index contributed by atoms with van der Waals surface area (Å²) in [5.74, 6) is 0. The van der Waals surface area contributed by atoms with Gasteiger partial charge in [0.15, 0.2) is 0 Å². The Labute approximate surface area is 73.7 Å². The van der Waals surface area contributed by atoms with Crippen LogP contribution in [0.15, 0.2) is 0 Å². The van der Waals surface area contributed by atoms with E-state index in [1.807, 2.05) is 13.8 Å². The predicted molar refractivity (Wildman–Crippen MR) is 49.7 cm³/mol. The van der Waals surface area contributed by atoms with Crippen LogP contribution in [0.3, 0.4) is 0 Å². The molecule has 0 aliphatic carbocycles. The van der Waals surface area contributed by atoms with Crippen molar-refractivity contribution in [1.82, 2.24) is 9.62 Å². The normalized spacial score (nSPS) is 9.36. The largest absolute Gasteiger partial charge is 0.337 e. The quantitative estimate of drug-likeness (QED) is 0.627. The van der Waals surface area contributed by atoms with Gasteiger partial charge in [-0.2, -0.15) is 0 Å². The summed E-state index contributed by atoms with van der Waals surface area (Å²) in [6.07, 6.45) is 1.89. The van der Waals surface area contributed by atoms with Gasteiger partial charge in [-0.1, -0.05) is 26.7 Å². The van der Waals surface area contributed by atoms with Crippen LogP contribution in [-0.2, 0) is 0 Å². The molecule has 0 unspecified atom stereocenters. The summed E-state index contributed by atoms with van der Waals surface area (Å²) in [6, 6.07) is -0.1000. The highest BCUT2D eigenvalue weighted by Gasteiger charge is 2.05. The number of hydrogen-bond acceptors (Lipinski definition) is 2. The molecule has 0 aromatic carbocycles. The number of nitrogens with zero attached hydrogens (tertiary/aromatic N) is 1. The van der Waals surface area contributed by atoms with Crippen LogP contribution in [-0.4, -0.2) is 23.4 Å². The van der Waals surface area contributed by atoms with E-state index >= 15 is 0 Å². The van der Waals surface area contributed by atoms with E-state index in [1.165, 1.54) is 4.31 Å². The highest BCUT2D eigenvalue weighted by atomic mass is 32.1. The lowest BCUT2D eigenvalue weighted by molar-refractivity contribution is 0.226. The minimum atomic E-state index is -0.1000. The first-order valence-corrected chi connectivity index (χ1v) is 4.36. The van der Waals surface area contributed by atoms with Crippen molar-refractivity contribution in [2.24, 2.45) is 0 Å². The lowest BCUT2D eigenvalue weighted by atomic mass is 10.5. The smallest absolute Gasteiger partial charge is 0.327 e. The Morgan fingerprint density at radius 1 is 1.45 bits per heavy atom. The summed E-state index contributed by atoms with van der Waals surface area (Å²) in [4.78, 5) is 11.0. The Morgan fingerprint density at radius 3 is 2.55 bits per heavy atom. The van der Waals surface area contributed by atoms with Crippen molar-refractivity contribution in [1.29, 1.82) is 0 Å². The second-order valence-electron chi connectivity index (χ2n) is 2.36. The van der Waals surface area contributed by atoms with E-state index < -0.39 is 0 Å². The lowest BCUT2D eigenvalue weighted by Gasteiger charge is -2.14. The van der Waals surface area contributed by atoms with E-state index in [2.05, 4.69) is 18.1 Å². The molecule has 11 heavy (non-hydrogen) atoms. The summed E-state index contributed by atoms with van der Waals surface area (Å²) < 4.78 is 1.40. The topological polar surface area (TPSA) is 32.3 Å². The van der Waals surface area contributed by atoms with E-state index in [1.54, 1.807) is 0 Å². The molecule has 0 rings (SSSR count). The van der Waals surface area contributed by atoms with E-state index in [-0.39, 0.29) is 6.03 Å². The van der Waals surface area contributed by atoms with Gasteiger partial charge in [0.25, 0.3) is 0 Å². The third kappa shape index (κ3) is 4.95. The summed E-state index contributed by atoms with van der Waals surface area (Å²) in [5, 5.41) is 2.73. The maximum Gasteiger partial charge on any atom is 0.327 e. The van der Waals surface area contributed by atoms with E-state index in [4.69, 9.17) is 0 Å². The number of urea groups is 1. The van der Waals surface area contributed by atoms with Gasteiger partial charge in [0, 0.05) is 13.1 Å². The van der Waals surface area contributed by atoms with Crippen LogP contribution >= 0.6 is 12.8 Å². The predicted octanol–water partition coefficient (Wildman–Crippen LogP) is 1.66. The molecule has 3 nitrogen and oxygen atoms in total. The number of thiol groups is 1. The average Bonchev–Trinajstić information content (AvgIpc) is 2.00. The third-order valence-corrected chi connectivity index (χ3v) is 1.58. The maximum atomic E-state index is 11.0. The van der Waals surface area contributed by atoms with Gasteiger partial charge in [-0.3, -0.25) is 4.31 Å². The van der Waals surface area contributed by atoms with E-state index in [0.29, 0.717) is 6.54 Å². The monoisotopic (exact) mass is 176 g/mol. The van der Waals surface area contributed by atoms with Crippen LogP contribution in [0.5, 0.6) is 0 Å². The molecule has 0 spiro atoms. The minimum Gasteiger partial charge on any atom is -0.337 e. The zero-order chi connectivity index (χ0) is 8.69. The Morgan fingerprint density at radius 2 is 2.09 bits per heavy atom. The molecule has 0 atom stereocenters. The average molecular weight is 176 g/mol. The standard InChI is InChI=1S/C7H16N2OS/c1-3-5-8-7(10)9(11)6-4-2/h11H,3-6H2,1-2H3,(H,8,10). The number of hydrogen-bond donors (Lipinski definition) is 2. The molecular weight excluding hydrogens is 160 g/mol. The van der Waals surface area contributed by atoms with Crippen molar-refractivity contribution in [3.63, 3.8) is 0 Å². The molecule has 0 aliphatic rings. The third-order valence-electron chi connectivity index (χ3n) is 1.20. The fourth-order valence-electron chi connectivity index (χ4n) is 0.637. The summed E-state index contributed by atoms with van der Waals surface area (Å²) in [5.41, 5.74) is 0. The molecular formula is C7H16N2OS. The number of carbonyl (C=O) groups excluding carboxylic acids is 1. The first kappa shape index (κ1) is 10.6. The maximum absolute atomic E-state index is 11.0. The van der Waals surface area contributed by atoms with Crippen molar-refractivity contribution < 1.29 is 4.79 Å². The Kier molecular flexibility index (Phi) is 6.12. The molecule has 0 fully saturated rings. The van der Waals surface area contributed by atoms with Crippen LogP contribution in [0.4, 0.5) is 4.79 Å². The van der Waals surface area contributed by atoms with Crippen LogP contribution in [0.25, 0.3) is 0 Å². The Bertz CT molecular complexity index is 119. The SMILES string of the molecule is CCCNC(=O)N(S)CCC. The van der Waals surface area contributed by atoms with Gasteiger partial charge in [-0.05, 0) is 12.8 Å². The van der Waals surface area contributed by atoms with E-state index in [9.17, 15) is 4.79 Å². The van der Waals surface area contributed by atoms with E-state index in [0.717, 1.165) is 19.4 Å². The van der Waals surface area contributed by atoms with Crippen LogP contribution in [0.2, 0.25) is 0 Å². The number of rotatable bonds is 4. The van der Waals surface area contributed by atoms with Crippen molar-refractivity contribution in [2.45, 2.75) is 26.7 Å². The van der Waals surface area contributed by atoms with Crippen LogP contribution in [0.1, 0.15) is 26.7 Å². The zero-order valence-corrected chi connectivity index (χ0v) is 8.03. The van der Waals surface area contributed by atoms with Gasteiger partial charge < -0.3 is 5.32 Å². The Hall–Kier alpha value is -0.380. The first-order valence-electron chi connectivity index (χ1n) is 3.96. The molecule has 4 heteroatoms. The molecule has 0 aromatic rings. The Balaban J connectivity index is 3.47. The molecule has 0 aliphatic heterocycles. The minimum absolute atomic E-state index is 0.1000. The van der Waals surface area contributed by atoms with Gasteiger partial charge in [0.05, 0.1) is 0 Å². The number of amides is 2. The highest BCUT2D eigenvalue weighted by Crippen LogP contribution is 1.95. The molecule has 0 radical (unpaired) electrons. The van der Waals surface area contributed by atoms with Gasteiger partial charge in [0.2, 0.25) is 0 Å². The van der Waals surface area contributed by atoms with Crippen molar-refractivity contribution in [2.75, 3.05) is 13.1 Å². The van der Waals surface area contributed by atoms with Crippen LogP contribution in [0, 0.1) is 0 Å². The summed E-state index contributed by atoms with van der Waals surface area (Å²) in [7, 11) is 0. The molecule has 0 aromatic heterocycles. The molecule has 0 saturated heterocycles. The molecule has 0 bridgehead atoms. The van der Waals surface area contributed by atoms with Gasteiger partial charge >= 0.3 is 6.03 Å². The number of carbonyl (C=O) groups is 1. The van der Waals surface area contributed by atoms with Crippen molar-refractivity contribution in [3.8, 4) is 0 Å². The first-order chi connectivity index (χ1) is 5.22. The molecule has 0 saturated carbocycles. The van der Waals surface area contributed by atoms with Gasteiger partial charge in [0.1, 0.15) is 0 Å². The van der Waals surface area contributed by atoms with Crippen LogP contribution < -0.4 is 5.32 Å². The fourth-order valence-corrected chi connectivity index (χ4v) is 0.907. The van der Waals surface area contributed by atoms with Gasteiger partial charge in [-0.15, -0.1) is 0 Å². The summed E-state index contributed by atoms with van der Waals surface area (Å²) >= 11 is 4.00. The molecule has 2 amide bonds. The molecule has 1 N–H and O–H groups in total. The van der Waals surface area contributed by atoms with Gasteiger partial charge in [-0.25, -0.2) is 4.79 Å². The number of nitrogens with one attached hydrogen (secondary N) is 1. The lowest BCUT2D eigenvalue weighted by Crippen LogP contribution is -2.34. The highest BCUT2D eigenvalue weighted by molar-refractivity contribution is 7.78. The zero-order valence-electron chi connectivity index (χ0n) is 7.13. The molecule has 66 valence electrons. The fraction of sp³-hybridized carbons (Fsp3) is 0.857. The second-order valence-corrected chi connectivity index (χ2v) is 2.84. The van der Waals surface area contributed by atoms with Crippen molar-refractivity contribution >= 4 is 18.8 Å². The second kappa shape index (κ2) is 6.34.